The van der Waals surface area contributed by atoms with Crippen LogP contribution in [0.25, 0.3) is 11.1 Å². The van der Waals surface area contributed by atoms with Crippen LogP contribution in [0.1, 0.15) is 12.1 Å². The quantitative estimate of drug-likeness (QED) is 0.718. The molecule has 1 N–H and O–H groups in total. The van der Waals surface area contributed by atoms with Crippen LogP contribution < -0.4 is 15.0 Å². The summed E-state index contributed by atoms with van der Waals surface area (Å²) in [6.07, 6.45) is 3.86. The summed E-state index contributed by atoms with van der Waals surface area (Å²) in [6.45, 7) is 3.71. The average Bonchev–Trinajstić information content (AvgIpc) is 3.17. The molecule has 0 bridgehead atoms. The van der Waals surface area contributed by atoms with E-state index in [2.05, 4.69) is 15.2 Å². The van der Waals surface area contributed by atoms with Crippen molar-refractivity contribution >= 4 is 11.5 Å². The van der Waals surface area contributed by atoms with Gasteiger partial charge in [0.05, 0.1) is 13.3 Å². The lowest BCUT2D eigenvalue weighted by molar-refractivity contribution is 0.415. The molecular weight excluding hydrogens is 355 g/mol. The number of ether oxygens (including phenoxy) is 1. The van der Waals surface area contributed by atoms with E-state index in [4.69, 9.17) is 9.72 Å². The van der Waals surface area contributed by atoms with Crippen molar-refractivity contribution in [3.63, 3.8) is 0 Å². The highest BCUT2D eigenvalue weighted by Gasteiger charge is 2.24. The molecule has 1 unspecified atom stereocenters. The number of anilines is 2. The Hall–Kier alpha value is -3.15. The van der Waals surface area contributed by atoms with Crippen LogP contribution in [0.4, 0.5) is 15.9 Å². The van der Waals surface area contributed by atoms with Gasteiger partial charge in [-0.25, -0.2) is 9.37 Å². The molecule has 28 heavy (non-hydrogen) atoms. The first-order valence-electron chi connectivity index (χ1n) is 9.37. The van der Waals surface area contributed by atoms with Gasteiger partial charge in [0.15, 0.2) is 0 Å². The molecule has 2 aromatic heterocycles. The molecule has 0 radical (unpaired) electrons. The number of aryl methyl sites for hydroxylation is 1. The number of hydrogen-bond donors (Lipinski definition) is 1. The van der Waals surface area contributed by atoms with E-state index in [9.17, 15) is 4.39 Å². The summed E-state index contributed by atoms with van der Waals surface area (Å²) in [5, 5.41) is 3.57. The van der Waals surface area contributed by atoms with Crippen LogP contribution >= 0.6 is 0 Å². The van der Waals surface area contributed by atoms with Crippen LogP contribution in [-0.4, -0.2) is 36.2 Å². The summed E-state index contributed by atoms with van der Waals surface area (Å²) in [6, 6.07) is 13.9. The fourth-order valence-corrected chi connectivity index (χ4v) is 3.64. The largest absolute Gasteiger partial charge is 0.497 e. The van der Waals surface area contributed by atoms with Gasteiger partial charge in [-0.1, -0.05) is 6.07 Å². The van der Waals surface area contributed by atoms with Crippen molar-refractivity contribution in [2.24, 2.45) is 0 Å². The van der Waals surface area contributed by atoms with Crippen LogP contribution in [0, 0.1) is 12.7 Å². The maximum Gasteiger partial charge on any atom is 0.149 e. The second-order valence-corrected chi connectivity index (χ2v) is 6.97. The van der Waals surface area contributed by atoms with Gasteiger partial charge < -0.3 is 15.0 Å². The number of benzene rings is 1. The first kappa shape index (κ1) is 18.2. The Morgan fingerprint density at radius 3 is 2.86 bits per heavy atom. The predicted molar refractivity (Wildman–Crippen MR) is 109 cm³/mol. The minimum Gasteiger partial charge on any atom is -0.497 e. The van der Waals surface area contributed by atoms with Crippen molar-refractivity contribution in [3.05, 3.63) is 66.4 Å². The monoisotopic (exact) mass is 378 g/mol. The highest BCUT2D eigenvalue weighted by atomic mass is 19.1. The van der Waals surface area contributed by atoms with E-state index in [1.165, 1.54) is 6.20 Å². The van der Waals surface area contributed by atoms with Crippen molar-refractivity contribution in [2.75, 3.05) is 30.4 Å². The zero-order valence-corrected chi connectivity index (χ0v) is 16.0. The Labute approximate surface area is 164 Å². The van der Waals surface area contributed by atoms with Crippen molar-refractivity contribution in [3.8, 4) is 16.9 Å². The van der Waals surface area contributed by atoms with Gasteiger partial charge in [-0.3, -0.25) is 4.98 Å². The molecule has 3 heterocycles. The number of nitrogens with one attached hydrogen (secondary N) is 1. The number of halogens is 1. The van der Waals surface area contributed by atoms with Crippen molar-refractivity contribution < 1.29 is 9.13 Å². The second-order valence-electron chi connectivity index (χ2n) is 6.97. The number of nitrogens with zero attached hydrogens (tertiary/aromatic N) is 3. The lowest BCUT2D eigenvalue weighted by Crippen LogP contribution is -2.26. The normalized spacial score (nSPS) is 16.2. The SMILES string of the molecule is COc1cccc(NC2CCN(c3ccc(-c4ccncc4F)c(C)n3)C2)c1. The van der Waals surface area contributed by atoms with E-state index in [-0.39, 0.29) is 5.82 Å². The van der Waals surface area contributed by atoms with Gasteiger partial charge in [-0.2, -0.15) is 0 Å². The van der Waals surface area contributed by atoms with E-state index < -0.39 is 0 Å². The average molecular weight is 378 g/mol. The Morgan fingerprint density at radius 2 is 2.07 bits per heavy atom. The molecule has 1 aromatic carbocycles. The van der Waals surface area contributed by atoms with Crippen LogP contribution in [0.15, 0.2) is 54.9 Å². The zero-order chi connectivity index (χ0) is 19.5. The molecule has 1 fully saturated rings. The summed E-state index contributed by atoms with van der Waals surface area (Å²) in [7, 11) is 1.67. The van der Waals surface area contributed by atoms with Crippen LogP contribution in [0.3, 0.4) is 0 Å². The first-order chi connectivity index (χ1) is 13.6. The molecule has 0 spiro atoms. The molecule has 5 nitrogen and oxygen atoms in total. The smallest absolute Gasteiger partial charge is 0.149 e. The minimum atomic E-state index is -0.330. The number of pyridine rings is 2. The minimum absolute atomic E-state index is 0.330. The fourth-order valence-electron chi connectivity index (χ4n) is 3.64. The highest BCUT2D eigenvalue weighted by molar-refractivity contribution is 5.67. The van der Waals surface area contributed by atoms with Gasteiger partial charge in [0.2, 0.25) is 0 Å². The molecular formula is C22H23FN4O. The first-order valence-corrected chi connectivity index (χ1v) is 9.37. The Balaban J connectivity index is 1.47. The molecule has 0 aliphatic carbocycles. The van der Waals surface area contributed by atoms with Gasteiger partial charge >= 0.3 is 0 Å². The third kappa shape index (κ3) is 3.76. The van der Waals surface area contributed by atoms with Gasteiger partial charge in [0.1, 0.15) is 17.4 Å². The Morgan fingerprint density at radius 1 is 1.18 bits per heavy atom. The molecule has 3 aromatic rings. The summed E-state index contributed by atoms with van der Waals surface area (Å²) in [5.74, 6) is 1.44. The lowest BCUT2D eigenvalue weighted by Gasteiger charge is -2.20. The molecule has 0 amide bonds. The van der Waals surface area contributed by atoms with E-state index in [0.29, 0.717) is 11.6 Å². The van der Waals surface area contributed by atoms with Gasteiger partial charge in [-0.15, -0.1) is 0 Å². The summed E-state index contributed by atoms with van der Waals surface area (Å²) < 4.78 is 19.3. The van der Waals surface area contributed by atoms with E-state index in [0.717, 1.165) is 48.0 Å². The van der Waals surface area contributed by atoms with E-state index in [1.54, 1.807) is 19.4 Å². The van der Waals surface area contributed by atoms with Crippen LogP contribution in [0.5, 0.6) is 5.75 Å². The van der Waals surface area contributed by atoms with Gasteiger partial charge in [0.25, 0.3) is 0 Å². The maximum atomic E-state index is 14.1. The number of aromatic nitrogens is 2. The van der Waals surface area contributed by atoms with Crippen molar-refractivity contribution in [2.45, 2.75) is 19.4 Å². The third-order valence-electron chi connectivity index (χ3n) is 5.09. The standard InChI is InChI=1S/C22H23FN4O/c1-15-19(20-8-10-24-13-21(20)23)6-7-22(25-15)27-11-9-17(14-27)26-16-4-3-5-18(12-16)28-2/h3-8,10,12-13,17,26H,9,11,14H2,1-2H3. The van der Waals surface area contributed by atoms with Gasteiger partial charge in [-0.05, 0) is 43.7 Å². The van der Waals surface area contributed by atoms with Crippen molar-refractivity contribution in [1.29, 1.82) is 0 Å². The molecule has 6 heteroatoms. The van der Waals surface area contributed by atoms with Crippen LogP contribution in [0.2, 0.25) is 0 Å². The van der Waals surface area contributed by atoms with E-state index in [1.807, 2.05) is 43.3 Å². The summed E-state index contributed by atoms with van der Waals surface area (Å²) in [4.78, 5) is 10.8. The third-order valence-corrected chi connectivity index (χ3v) is 5.09. The topological polar surface area (TPSA) is 50.3 Å². The summed E-state index contributed by atoms with van der Waals surface area (Å²) >= 11 is 0. The summed E-state index contributed by atoms with van der Waals surface area (Å²) in [5.41, 5.74) is 3.20. The Bertz CT molecular complexity index is 978. The number of methoxy groups -OCH3 is 1. The fraction of sp³-hybridized carbons (Fsp3) is 0.273. The Kier molecular flexibility index (Phi) is 5.10. The molecule has 144 valence electrons. The van der Waals surface area contributed by atoms with Crippen molar-refractivity contribution in [1.82, 2.24) is 9.97 Å². The predicted octanol–water partition coefficient (Wildman–Crippen LogP) is 4.29. The maximum absolute atomic E-state index is 14.1. The molecule has 1 saturated heterocycles. The zero-order valence-electron chi connectivity index (χ0n) is 16.0. The second kappa shape index (κ2) is 7.84. The molecule has 0 saturated carbocycles. The lowest BCUT2D eigenvalue weighted by atomic mass is 10.1. The van der Waals surface area contributed by atoms with E-state index >= 15 is 0 Å². The molecule has 1 aliphatic rings. The van der Waals surface area contributed by atoms with Gasteiger partial charge in [0, 0.05) is 53.9 Å². The molecule has 1 atom stereocenters. The highest BCUT2D eigenvalue weighted by Crippen LogP contribution is 2.28. The molecule has 4 rings (SSSR count). The molecule has 1 aliphatic heterocycles. The number of rotatable bonds is 5. The number of hydrogen-bond acceptors (Lipinski definition) is 5. The van der Waals surface area contributed by atoms with Crippen LogP contribution in [-0.2, 0) is 0 Å².